The molecule has 0 N–H and O–H groups in total. The molecular formula is C13H23N3O2. The Morgan fingerprint density at radius 2 is 1.78 bits per heavy atom. The summed E-state index contributed by atoms with van der Waals surface area (Å²) in [6, 6.07) is 0.123. The molecule has 2 spiro atoms. The van der Waals surface area contributed by atoms with Crippen LogP contribution in [0.3, 0.4) is 0 Å². The van der Waals surface area contributed by atoms with Crippen LogP contribution in [0, 0.1) is 0 Å². The van der Waals surface area contributed by atoms with Crippen LogP contribution >= 0.6 is 0 Å². The number of hydrogen-bond acceptors (Lipinski definition) is 3. The molecule has 2 amide bonds. The maximum atomic E-state index is 11.9. The number of hydrogen-bond donors (Lipinski definition) is 0. The number of piperidine rings is 1. The summed E-state index contributed by atoms with van der Waals surface area (Å²) >= 11 is 0. The quantitative estimate of drug-likeness (QED) is 0.645. The number of carbonyl (C=O) groups is 1. The number of ether oxygens (including phenoxy) is 1. The first-order valence-corrected chi connectivity index (χ1v) is 6.84. The van der Waals surface area contributed by atoms with Gasteiger partial charge in [0, 0.05) is 33.7 Å². The van der Waals surface area contributed by atoms with Crippen LogP contribution in [-0.4, -0.2) is 72.8 Å². The number of likely N-dealkylation sites (tertiary alicyclic amines) is 1. The minimum absolute atomic E-state index is 0.00828. The third kappa shape index (κ3) is 1.80. The zero-order valence-electron chi connectivity index (χ0n) is 11.6. The van der Waals surface area contributed by atoms with Gasteiger partial charge in [0.2, 0.25) is 0 Å². The second-order valence-corrected chi connectivity index (χ2v) is 6.25. The molecule has 1 aliphatic carbocycles. The number of amides is 2. The van der Waals surface area contributed by atoms with Crippen molar-refractivity contribution in [3.8, 4) is 0 Å². The Hall–Kier alpha value is -0.810. The van der Waals surface area contributed by atoms with E-state index in [0.29, 0.717) is 0 Å². The van der Waals surface area contributed by atoms with E-state index in [1.807, 2.05) is 19.0 Å². The molecule has 3 rings (SSSR count). The summed E-state index contributed by atoms with van der Waals surface area (Å²) in [4.78, 5) is 17.9. The lowest BCUT2D eigenvalue weighted by Crippen LogP contribution is -2.51. The smallest absolute Gasteiger partial charge is 0.319 e. The minimum Gasteiger partial charge on any atom is -0.353 e. The second kappa shape index (κ2) is 3.84. The average Bonchev–Trinajstić information content (AvgIpc) is 3.04. The fraction of sp³-hybridized carbons (Fsp3) is 0.923. The Morgan fingerprint density at radius 1 is 1.17 bits per heavy atom. The van der Waals surface area contributed by atoms with Gasteiger partial charge < -0.3 is 14.5 Å². The predicted molar refractivity (Wildman–Crippen MR) is 68.3 cm³/mol. The maximum absolute atomic E-state index is 11.9. The fourth-order valence-corrected chi connectivity index (χ4v) is 3.33. The van der Waals surface area contributed by atoms with E-state index >= 15 is 0 Å². The van der Waals surface area contributed by atoms with Crippen LogP contribution in [-0.2, 0) is 4.74 Å². The molecule has 5 nitrogen and oxygen atoms in total. The third-order valence-corrected chi connectivity index (χ3v) is 4.63. The van der Waals surface area contributed by atoms with Crippen LogP contribution in [0.2, 0.25) is 0 Å². The largest absolute Gasteiger partial charge is 0.353 e. The molecule has 2 saturated heterocycles. The van der Waals surface area contributed by atoms with E-state index in [-0.39, 0.29) is 17.4 Å². The standard InChI is InChI=1S/C13H23N3O2/c1-14(2)11(17)16-8-6-12(7-9-16)10-15(3)13(18-12)4-5-13/h4-10H2,1-3H3. The summed E-state index contributed by atoms with van der Waals surface area (Å²) in [6.07, 6.45) is 4.29. The number of nitrogens with zero attached hydrogens (tertiary/aromatic N) is 3. The van der Waals surface area contributed by atoms with Gasteiger partial charge >= 0.3 is 6.03 Å². The highest BCUT2D eigenvalue weighted by Gasteiger charge is 2.60. The lowest BCUT2D eigenvalue weighted by atomic mass is 9.91. The molecule has 3 aliphatic rings. The lowest BCUT2D eigenvalue weighted by Gasteiger charge is -2.39. The highest BCUT2D eigenvalue weighted by atomic mass is 16.6. The van der Waals surface area contributed by atoms with Gasteiger partial charge in [-0.2, -0.15) is 0 Å². The number of rotatable bonds is 0. The first kappa shape index (κ1) is 12.2. The summed E-state index contributed by atoms with van der Waals surface area (Å²) in [5, 5.41) is 0. The van der Waals surface area contributed by atoms with Crippen LogP contribution < -0.4 is 0 Å². The second-order valence-electron chi connectivity index (χ2n) is 6.25. The molecule has 0 atom stereocenters. The molecule has 0 aromatic heterocycles. The van der Waals surface area contributed by atoms with E-state index in [2.05, 4.69) is 11.9 Å². The van der Waals surface area contributed by atoms with Gasteiger partial charge in [0.25, 0.3) is 0 Å². The molecule has 102 valence electrons. The van der Waals surface area contributed by atoms with Gasteiger partial charge in [-0.1, -0.05) is 0 Å². The molecule has 5 heteroatoms. The van der Waals surface area contributed by atoms with E-state index in [1.165, 1.54) is 12.8 Å². The Balaban J connectivity index is 1.62. The molecule has 0 aromatic carbocycles. The highest BCUT2D eigenvalue weighted by molar-refractivity contribution is 5.73. The summed E-state index contributed by atoms with van der Waals surface area (Å²) in [5.74, 6) is 0. The van der Waals surface area contributed by atoms with Crippen LogP contribution in [0.1, 0.15) is 25.7 Å². The van der Waals surface area contributed by atoms with Crippen molar-refractivity contribution >= 4 is 6.03 Å². The summed E-state index contributed by atoms with van der Waals surface area (Å²) in [5.41, 5.74) is 0.0715. The van der Waals surface area contributed by atoms with Gasteiger partial charge in [-0.15, -0.1) is 0 Å². The molecule has 0 unspecified atom stereocenters. The molecule has 1 saturated carbocycles. The number of likely N-dealkylation sites (N-methyl/N-ethyl adjacent to an activating group) is 1. The first-order valence-electron chi connectivity index (χ1n) is 6.84. The summed E-state index contributed by atoms with van der Waals surface area (Å²) in [7, 11) is 5.79. The lowest BCUT2D eigenvalue weighted by molar-refractivity contribution is -0.0937. The van der Waals surface area contributed by atoms with Gasteiger partial charge in [0.1, 0.15) is 5.72 Å². The van der Waals surface area contributed by atoms with Crippen molar-refractivity contribution in [3.63, 3.8) is 0 Å². The predicted octanol–water partition coefficient (Wildman–Crippen LogP) is 0.955. The van der Waals surface area contributed by atoms with Crippen molar-refractivity contribution in [1.29, 1.82) is 0 Å². The number of carbonyl (C=O) groups excluding carboxylic acids is 1. The molecular weight excluding hydrogens is 230 g/mol. The Labute approximate surface area is 109 Å². The van der Waals surface area contributed by atoms with Crippen molar-refractivity contribution in [3.05, 3.63) is 0 Å². The van der Waals surface area contributed by atoms with Crippen LogP contribution in [0.4, 0.5) is 4.79 Å². The van der Waals surface area contributed by atoms with Crippen molar-refractivity contribution in [2.75, 3.05) is 40.8 Å². The van der Waals surface area contributed by atoms with E-state index in [4.69, 9.17) is 4.74 Å². The van der Waals surface area contributed by atoms with Gasteiger partial charge in [-0.3, -0.25) is 4.90 Å². The van der Waals surface area contributed by atoms with Gasteiger partial charge in [-0.05, 0) is 32.7 Å². The van der Waals surface area contributed by atoms with Gasteiger partial charge in [-0.25, -0.2) is 4.79 Å². The van der Waals surface area contributed by atoms with Gasteiger partial charge in [0.15, 0.2) is 0 Å². The van der Waals surface area contributed by atoms with Gasteiger partial charge in [0.05, 0.1) is 5.60 Å². The Kier molecular flexibility index (Phi) is 2.61. The molecule has 3 fully saturated rings. The van der Waals surface area contributed by atoms with E-state index in [1.54, 1.807) is 4.90 Å². The topological polar surface area (TPSA) is 36.0 Å². The molecule has 0 radical (unpaired) electrons. The number of urea groups is 1. The maximum Gasteiger partial charge on any atom is 0.319 e. The first-order chi connectivity index (χ1) is 8.46. The molecule has 2 heterocycles. The van der Waals surface area contributed by atoms with E-state index in [0.717, 1.165) is 32.5 Å². The normalized spacial score (nSPS) is 28.9. The highest BCUT2D eigenvalue weighted by Crippen LogP contribution is 2.52. The zero-order valence-corrected chi connectivity index (χ0v) is 11.6. The molecule has 18 heavy (non-hydrogen) atoms. The van der Waals surface area contributed by atoms with Crippen molar-refractivity contribution < 1.29 is 9.53 Å². The van der Waals surface area contributed by atoms with Crippen LogP contribution in [0.25, 0.3) is 0 Å². The molecule has 0 bridgehead atoms. The fourth-order valence-electron chi connectivity index (χ4n) is 3.33. The van der Waals surface area contributed by atoms with E-state index < -0.39 is 0 Å². The summed E-state index contributed by atoms with van der Waals surface area (Å²) in [6.45, 7) is 2.67. The monoisotopic (exact) mass is 253 g/mol. The molecule has 2 aliphatic heterocycles. The van der Waals surface area contributed by atoms with Crippen molar-refractivity contribution in [2.24, 2.45) is 0 Å². The minimum atomic E-state index is 0.00828. The van der Waals surface area contributed by atoms with Crippen LogP contribution in [0.5, 0.6) is 0 Å². The summed E-state index contributed by atoms with van der Waals surface area (Å²) < 4.78 is 6.36. The Morgan fingerprint density at radius 3 is 2.22 bits per heavy atom. The van der Waals surface area contributed by atoms with Crippen molar-refractivity contribution in [1.82, 2.24) is 14.7 Å². The van der Waals surface area contributed by atoms with Crippen molar-refractivity contribution in [2.45, 2.75) is 37.0 Å². The zero-order chi connectivity index (χ0) is 13.0. The average molecular weight is 253 g/mol. The van der Waals surface area contributed by atoms with E-state index in [9.17, 15) is 4.79 Å². The van der Waals surface area contributed by atoms with Crippen LogP contribution in [0.15, 0.2) is 0 Å². The Bertz CT molecular complexity index is 357. The molecule has 0 aromatic rings. The third-order valence-electron chi connectivity index (χ3n) is 4.63. The SMILES string of the molecule is CN(C)C(=O)N1CCC2(CC1)CN(C)C1(CC1)O2.